The van der Waals surface area contributed by atoms with Gasteiger partial charge in [0.2, 0.25) is 0 Å². The summed E-state index contributed by atoms with van der Waals surface area (Å²) in [5, 5.41) is 5.08. The molecule has 0 atom stereocenters. The molecule has 0 saturated heterocycles. The summed E-state index contributed by atoms with van der Waals surface area (Å²) in [5.41, 5.74) is 10.8. The van der Waals surface area contributed by atoms with Gasteiger partial charge < -0.3 is 8.97 Å². The highest BCUT2D eigenvalue weighted by atomic mass is 15.1. The first-order chi connectivity index (χ1) is 20.4. The van der Waals surface area contributed by atoms with Crippen molar-refractivity contribution in [2.45, 2.75) is 0 Å². The second-order valence-electron chi connectivity index (χ2n) is 10.6. The van der Waals surface area contributed by atoms with Crippen LogP contribution in [-0.2, 0) is 0 Å². The van der Waals surface area contributed by atoms with Gasteiger partial charge in [-0.25, -0.2) is 0 Å². The third-order valence-corrected chi connectivity index (χ3v) is 8.43. The smallest absolute Gasteiger partial charge is 0.131 e. The number of hydrogen-bond acceptors (Lipinski definition) is 0. The van der Waals surface area contributed by atoms with Crippen LogP contribution in [-0.4, -0.2) is 13.5 Å². The van der Waals surface area contributed by atoms with E-state index >= 15 is 0 Å². The van der Waals surface area contributed by atoms with Crippen molar-refractivity contribution in [3.63, 3.8) is 0 Å². The first-order valence-corrected chi connectivity index (χ1v) is 14.0. The molecule has 4 aromatic heterocycles. The van der Waals surface area contributed by atoms with Crippen molar-refractivity contribution >= 4 is 49.3 Å². The Kier molecular flexibility index (Phi) is 4.61. The minimum Gasteiger partial charge on any atom is -0.309 e. The monoisotopic (exact) mass is 523 g/mol. The Bertz CT molecular complexity index is 2360. The second kappa shape index (κ2) is 8.48. The lowest BCUT2D eigenvalue weighted by Crippen LogP contribution is -1.96. The number of rotatable bonds is 3. The summed E-state index contributed by atoms with van der Waals surface area (Å²) in [5.74, 6) is 0. The molecule has 0 aliphatic heterocycles. The van der Waals surface area contributed by atoms with E-state index in [9.17, 15) is 0 Å². The molecule has 0 aliphatic rings. The van der Waals surface area contributed by atoms with Crippen molar-refractivity contribution in [1.29, 1.82) is 0 Å². The van der Waals surface area contributed by atoms with Crippen LogP contribution in [0.5, 0.6) is 0 Å². The van der Waals surface area contributed by atoms with Crippen LogP contribution in [0.25, 0.3) is 71.8 Å². The van der Waals surface area contributed by atoms with Gasteiger partial charge in [0.15, 0.2) is 0 Å². The Morgan fingerprint density at radius 2 is 0.951 bits per heavy atom. The zero-order chi connectivity index (χ0) is 26.9. The Morgan fingerprint density at radius 3 is 1.68 bits per heavy atom. The molecular weight excluding hydrogens is 498 g/mol. The van der Waals surface area contributed by atoms with E-state index in [4.69, 9.17) is 0 Å². The van der Waals surface area contributed by atoms with E-state index in [0.29, 0.717) is 0 Å². The summed E-state index contributed by atoms with van der Waals surface area (Å²) in [6, 6.07) is 52.4. The lowest BCUT2D eigenvalue weighted by Gasteiger charge is -2.11. The van der Waals surface area contributed by atoms with Crippen molar-refractivity contribution in [3.05, 3.63) is 152 Å². The van der Waals surface area contributed by atoms with Gasteiger partial charge >= 0.3 is 0 Å². The molecule has 0 saturated carbocycles. The molecule has 0 aliphatic carbocycles. The van der Waals surface area contributed by atoms with Crippen molar-refractivity contribution in [2.75, 3.05) is 0 Å². The molecule has 0 spiro atoms. The summed E-state index contributed by atoms with van der Waals surface area (Å²) in [6.07, 6.45) is 2.19. The van der Waals surface area contributed by atoms with Crippen molar-refractivity contribution in [2.24, 2.45) is 0 Å². The first kappa shape index (κ1) is 22.3. The molecule has 9 aromatic rings. The minimum absolute atomic E-state index is 1.16. The maximum absolute atomic E-state index is 2.40. The number of aromatic nitrogens is 3. The molecule has 4 heterocycles. The largest absolute Gasteiger partial charge is 0.309 e. The van der Waals surface area contributed by atoms with Crippen LogP contribution >= 0.6 is 0 Å². The average Bonchev–Trinajstić information content (AvgIpc) is 3.67. The fourth-order valence-electron chi connectivity index (χ4n) is 6.79. The highest BCUT2D eigenvalue weighted by molar-refractivity contribution is 6.20. The molecule has 0 unspecified atom stereocenters. The van der Waals surface area contributed by atoms with Crippen molar-refractivity contribution in [3.8, 4) is 22.5 Å². The Balaban J connectivity index is 1.40. The normalized spacial score (nSPS) is 11.9. The van der Waals surface area contributed by atoms with E-state index < -0.39 is 0 Å². The lowest BCUT2D eigenvalue weighted by molar-refractivity contribution is 1.10. The maximum Gasteiger partial charge on any atom is 0.131 e. The quantitative estimate of drug-likeness (QED) is 0.219. The summed E-state index contributed by atoms with van der Waals surface area (Å²) in [6.45, 7) is 0. The van der Waals surface area contributed by atoms with E-state index in [1.54, 1.807) is 0 Å². The molecule has 192 valence electrons. The lowest BCUT2D eigenvalue weighted by atomic mass is 10.0. The number of hydrogen-bond donors (Lipinski definition) is 0. The molecule has 3 nitrogen and oxygen atoms in total. The predicted molar refractivity (Wildman–Crippen MR) is 172 cm³/mol. The van der Waals surface area contributed by atoms with Crippen molar-refractivity contribution in [1.82, 2.24) is 13.5 Å². The summed E-state index contributed by atoms with van der Waals surface area (Å²) < 4.78 is 7.15. The van der Waals surface area contributed by atoms with E-state index in [1.807, 2.05) is 0 Å². The predicted octanol–water partition coefficient (Wildman–Crippen LogP) is 9.80. The number of nitrogens with zero attached hydrogens (tertiary/aromatic N) is 3. The van der Waals surface area contributed by atoms with Gasteiger partial charge in [-0.1, -0.05) is 91.0 Å². The number of benzene rings is 5. The van der Waals surface area contributed by atoms with Crippen LogP contribution in [0.3, 0.4) is 0 Å². The molecule has 0 fully saturated rings. The fraction of sp³-hybridized carbons (Fsp3) is 0. The van der Waals surface area contributed by atoms with Gasteiger partial charge in [-0.2, -0.15) is 0 Å². The molecule has 0 radical (unpaired) electrons. The van der Waals surface area contributed by atoms with E-state index in [0.717, 1.165) is 11.4 Å². The molecule has 41 heavy (non-hydrogen) atoms. The van der Waals surface area contributed by atoms with Crippen LogP contribution in [0.4, 0.5) is 0 Å². The van der Waals surface area contributed by atoms with Crippen LogP contribution in [0.1, 0.15) is 0 Å². The topological polar surface area (TPSA) is 14.3 Å². The van der Waals surface area contributed by atoms with Gasteiger partial charge in [0.05, 0.1) is 22.1 Å². The average molecular weight is 524 g/mol. The Labute approximate surface area is 236 Å². The van der Waals surface area contributed by atoms with Gasteiger partial charge in [0.25, 0.3) is 0 Å². The number of pyridine rings is 1. The summed E-state index contributed by atoms with van der Waals surface area (Å²) >= 11 is 0. The highest BCUT2D eigenvalue weighted by Gasteiger charge is 2.23. The molecular formula is C38H25N3. The Hall–Kier alpha value is -5.54. The first-order valence-electron chi connectivity index (χ1n) is 14.0. The van der Waals surface area contributed by atoms with Gasteiger partial charge in [-0.15, -0.1) is 0 Å². The molecule has 0 N–H and O–H groups in total. The fourth-order valence-corrected chi connectivity index (χ4v) is 6.79. The Morgan fingerprint density at radius 1 is 0.390 bits per heavy atom. The SMILES string of the molecule is c1ccc(-n2c3ccccc3c3c(-c4cccc(-n5c6ccccc6c6ccccc65)c4)c4ccccn4c32)cc1. The van der Waals surface area contributed by atoms with Gasteiger partial charge in [0, 0.05) is 44.7 Å². The van der Waals surface area contributed by atoms with Crippen LogP contribution in [0, 0.1) is 0 Å². The third-order valence-electron chi connectivity index (χ3n) is 8.43. The van der Waals surface area contributed by atoms with E-state index in [-0.39, 0.29) is 0 Å². The van der Waals surface area contributed by atoms with Crippen LogP contribution in [0.15, 0.2) is 152 Å². The van der Waals surface area contributed by atoms with Gasteiger partial charge in [-0.05, 0) is 60.2 Å². The van der Waals surface area contributed by atoms with Gasteiger partial charge in [0.1, 0.15) is 5.65 Å². The van der Waals surface area contributed by atoms with E-state index in [2.05, 4.69) is 165 Å². The molecule has 9 rings (SSSR count). The number of para-hydroxylation sites is 4. The standard InChI is InChI=1S/C38H25N3/c1-2-14-27(15-3-1)41-34-22-9-6-19-31(34)37-36(35-23-10-11-24-39(35)38(37)41)26-13-12-16-28(25-26)40-32-20-7-4-17-29(32)30-18-5-8-21-33(30)40/h1-25H. The second-order valence-corrected chi connectivity index (χ2v) is 10.6. The third kappa shape index (κ3) is 3.09. The summed E-state index contributed by atoms with van der Waals surface area (Å²) in [7, 11) is 0. The zero-order valence-electron chi connectivity index (χ0n) is 22.3. The zero-order valence-corrected chi connectivity index (χ0v) is 22.3. The molecule has 0 amide bonds. The maximum atomic E-state index is 2.40. The van der Waals surface area contributed by atoms with Crippen molar-refractivity contribution < 1.29 is 0 Å². The highest BCUT2D eigenvalue weighted by Crippen LogP contribution is 2.43. The van der Waals surface area contributed by atoms with E-state index in [1.165, 1.54) is 60.4 Å². The van der Waals surface area contributed by atoms with Crippen LogP contribution < -0.4 is 0 Å². The summed E-state index contributed by atoms with van der Waals surface area (Å²) in [4.78, 5) is 0. The van der Waals surface area contributed by atoms with Crippen LogP contribution in [0.2, 0.25) is 0 Å². The molecule has 3 heteroatoms. The number of fused-ring (bicyclic) bond motifs is 8. The minimum atomic E-state index is 1.16. The molecule has 0 bridgehead atoms. The van der Waals surface area contributed by atoms with Gasteiger partial charge in [-0.3, -0.25) is 4.57 Å². The molecule has 5 aromatic carbocycles.